The number of aromatic nitrogens is 4. The van der Waals surface area contributed by atoms with Crippen LogP contribution in [0, 0.1) is 0 Å². The van der Waals surface area contributed by atoms with Gasteiger partial charge in [-0.25, -0.2) is 9.67 Å². The summed E-state index contributed by atoms with van der Waals surface area (Å²) in [5.41, 5.74) is -0.466. The molecule has 2 aromatic heterocycles. The zero-order valence-corrected chi connectivity index (χ0v) is 12.9. The molecule has 1 aliphatic rings. The molecule has 124 valence electrons. The number of halogens is 3. The quantitative estimate of drug-likeness (QED) is 0.941. The Balaban J connectivity index is 1.72. The molecule has 0 aromatic carbocycles. The second-order valence-corrected chi connectivity index (χ2v) is 6.03. The number of pyridine rings is 1. The number of nitrogens with zero attached hydrogens (tertiary/aromatic N) is 4. The minimum atomic E-state index is -4.44. The van der Waals surface area contributed by atoms with Crippen molar-refractivity contribution in [2.24, 2.45) is 0 Å². The van der Waals surface area contributed by atoms with Crippen molar-refractivity contribution in [2.75, 3.05) is 5.32 Å². The fourth-order valence-corrected chi connectivity index (χ4v) is 2.60. The molecular weight excluding hydrogens is 307 g/mol. The molecule has 0 fully saturated rings. The van der Waals surface area contributed by atoms with Crippen LogP contribution >= 0.6 is 0 Å². The third kappa shape index (κ3) is 3.46. The fourth-order valence-electron chi connectivity index (χ4n) is 2.60. The first-order valence-electron chi connectivity index (χ1n) is 7.56. The molecule has 23 heavy (non-hydrogen) atoms. The Morgan fingerprint density at radius 3 is 2.83 bits per heavy atom. The summed E-state index contributed by atoms with van der Waals surface area (Å²) in [6.07, 6.45) is -1.70. The molecule has 1 aliphatic heterocycles. The summed E-state index contributed by atoms with van der Waals surface area (Å²) in [6.45, 7) is 4.66. The smallest absolute Gasteiger partial charge is 0.380 e. The number of nitrogens with one attached hydrogen (secondary N) is 1. The zero-order valence-electron chi connectivity index (χ0n) is 12.9. The minimum Gasteiger partial charge on any atom is -0.380 e. The van der Waals surface area contributed by atoms with Gasteiger partial charge in [-0.3, -0.25) is 4.98 Å². The monoisotopic (exact) mass is 325 g/mol. The van der Waals surface area contributed by atoms with Crippen molar-refractivity contribution < 1.29 is 13.2 Å². The summed E-state index contributed by atoms with van der Waals surface area (Å²) in [5, 5.41) is 7.62. The lowest BCUT2D eigenvalue weighted by Gasteiger charge is -2.24. The third-order valence-electron chi connectivity index (χ3n) is 3.81. The lowest BCUT2D eigenvalue weighted by molar-refractivity contribution is -0.141. The molecule has 0 unspecified atom stereocenters. The summed E-state index contributed by atoms with van der Waals surface area (Å²) in [7, 11) is 0. The predicted octanol–water partition coefficient (Wildman–Crippen LogP) is 3.24. The maximum absolute atomic E-state index is 12.7. The van der Waals surface area contributed by atoms with Gasteiger partial charge >= 0.3 is 6.18 Å². The summed E-state index contributed by atoms with van der Waals surface area (Å²) >= 11 is 0. The molecule has 1 atom stereocenters. The van der Waals surface area contributed by atoms with Gasteiger partial charge < -0.3 is 5.32 Å². The maximum Gasteiger partial charge on any atom is 0.433 e. The first-order chi connectivity index (χ1) is 10.8. The van der Waals surface area contributed by atoms with E-state index in [4.69, 9.17) is 0 Å². The van der Waals surface area contributed by atoms with Gasteiger partial charge in [0.15, 0.2) is 5.82 Å². The van der Waals surface area contributed by atoms with E-state index < -0.39 is 11.9 Å². The van der Waals surface area contributed by atoms with E-state index in [0.29, 0.717) is 12.2 Å². The van der Waals surface area contributed by atoms with E-state index in [1.807, 2.05) is 18.5 Å². The highest BCUT2D eigenvalue weighted by Crippen LogP contribution is 2.29. The third-order valence-corrected chi connectivity index (χ3v) is 3.81. The van der Waals surface area contributed by atoms with Crippen molar-refractivity contribution >= 4 is 5.69 Å². The Labute approximate surface area is 131 Å². The summed E-state index contributed by atoms with van der Waals surface area (Å²) in [4.78, 5) is 7.87. The number of alkyl halides is 3. The van der Waals surface area contributed by atoms with Crippen molar-refractivity contribution in [3.8, 4) is 0 Å². The number of fused-ring (bicyclic) bond motifs is 1. The summed E-state index contributed by atoms with van der Waals surface area (Å²) in [5.74, 6) is 2.01. The number of hydrogen-bond acceptors (Lipinski definition) is 4. The molecule has 3 heterocycles. The fraction of sp³-hybridized carbons (Fsp3) is 0.533. The van der Waals surface area contributed by atoms with Gasteiger partial charge in [0, 0.05) is 30.3 Å². The van der Waals surface area contributed by atoms with E-state index in [1.54, 1.807) is 6.07 Å². The van der Waals surface area contributed by atoms with Gasteiger partial charge in [0.2, 0.25) is 0 Å². The van der Waals surface area contributed by atoms with Gasteiger partial charge in [-0.1, -0.05) is 13.8 Å². The molecule has 0 saturated carbocycles. The first kappa shape index (κ1) is 15.8. The highest BCUT2D eigenvalue weighted by atomic mass is 19.4. The van der Waals surface area contributed by atoms with Crippen LogP contribution in [0.25, 0.3) is 0 Å². The van der Waals surface area contributed by atoms with E-state index >= 15 is 0 Å². The second-order valence-electron chi connectivity index (χ2n) is 6.03. The van der Waals surface area contributed by atoms with E-state index in [0.717, 1.165) is 30.6 Å². The topological polar surface area (TPSA) is 55.6 Å². The Morgan fingerprint density at radius 2 is 2.13 bits per heavy atom. The van der Waals surface area contributed by atoms with Gasteiger partial charge in [-0.2, -0.15) is 18.3 Å². The molecule has 0 radical (unpaired) electrons. The number of hydrogen-bond donors (Lipinski definition) is 1. The van der Waals surface area contributed by atoms with E-state index in [9.17, 15) is 13.2 Å². The lowest BCUT2D eigenvalue weighted by Crippen LogP contribution is -2.32. The zero-order chi connectivity index (χ0) is 16.6. The van der Waals surface area contributed by atoms with Gasteiger partial charge in [0.1, 0.15) is 11.5 Å². The number of anilines is 1. The molecule has 2 aromatic rings. The highest BCUT2D eigenvalue weighted by molar-refractivity contribution is 5.44. The standard InChI is InChI=1S/C15H18F3N5/c1-9(2)14-21-13-4-3-11(8-23(13)22-14)20-10-5-6-19-12(7-10)15(16,17)18/h5-7,9,11H,3-4,8H2,1-2H3,(H,19,20)/t11-/m0/s1. The molecule has 0 aliphatic carbocycles. The van der Waals surface area contributed by atoms with Crippen LogP contribution in [0.1, 0.15) is 43.5 Å². The molecule has 8 heteroatoms. The SMILES string of the molecule is CC(C)c1nc2n(n1)C[C@@H](Nc1ccnc(C(F)(F)F)c1)CC2. The first-order valence-corrected chi connectivity index (χ1v) is 7.56. The average Bonchev–Trinajstić information content (AvgIpc) is 2.90. The summed E-state index contributed by atoms with van der Waals surface area (Å²) < 4.78 is 40.0. The second kappa shape index (κ2) is 5.82. The van der Waals surface area contributed by atoms with Crippen LogP contribution in [0.2, 0.25) is 0 Å². The lowest BCUT2D eigenvalue weighted by atomic mass is 10.1. The molecule has 1 N–H and O–H groups in total. The largest absolute Gasteiger partial charge is 0.433 e. The van der Waals surface area contributed by atoms with Crippen molar-refractivity contribution in [3.05, 3.63) is 35.7 Å². The Kier molecular flexibility index (Phi) is 3.99. The van der Waals surface area contributed by atoms with E-state index in [-0.39, 0.29) is 12.0 Å². The molecule has 5 nitrogen and oxygen atoms in total. The molecule has 0 spiro atoms. The van der Waals surface area contributed by atoms with Crippen LogP contribution < -0.4 is 5.32 Å². The van der Waals surface area contributed by atoms with E-state index in [2.05, 4.69) is 20.4 Å². The van der Waals surface area contributed by atoms with Crippen LogP contribution in [0.4, 0.5) is 18.9 Å². The average molecular weight is 325 g/mol. The Bertz CT molecular complexity index is 693. The van der Waals surface area contributed by atoms with Gasteiger partial charge in [0.05, 0.1) is 6.54 Å². The number of aryl methyl sites for hydroxylation is 1. The van der Waals surface area contributed by atoms with Crippen molar-refractivity contribution in [2.45, 2.75) is 51.4 Å². The maximum atomic E-state index is 12.7. The minimum absolute atomic E-state index is 0.0210. The normalized spacial score (nSPS) is 18.1. The van der Waals surface area contributed by atoms with Crippen LogP contribution in [-0.4, -0.2) is 25.8 Å². The van der Waals surface area contributed by atoms with Crippen molar-refractivity contribution in [3.63, 3.8) is 0 Å². The van der Waals surface area contributed by atoms with Gasteiger partial charge in [0.25, 0.3) is 0 Å². The molecule has 3 rings (SSSR count). The van der Waals surface area contributed by atoms with E-state index in [1.165, 1.54) is 6.20 Å². The van der Waals surface area contributed by atoms with Crippen LogP contribution in [-0.2, 0) is 19.1 Å². The van der Waals surface area contributed by atoms with Crippen LogP contribution in [0.3, 0.4) is 0 Å². The molecule has 0 saturated heterocycles. The highest BCUT2D eigenvalue weighted by Gasteiger charge is 2.32. The van der Waals surface area contributed by atoms with Gasteiger partial charge in [-0.05, 0) is 18.6 Å². The predicted molar refractivity (Wildman–Crippen MR) is 79.1 cm³/mol. The number of rotatable bonds is 3. The molecule has 0 amide bonds. The van der Waals surface area contributed by atoms with Crippen molar-refractivity contribution in [1.29, 1.82) is 0 Å². The summed E-state index contributed by atoms with van der Waals surface area (Å²) in [6, 6.07) is 2.61. The van der Waals surface area contributed by atoms with Crippen LogP contribution in [0.5, 0.6) is 0 Å². The van der Waals surface area contributed by atoms with Gasteiger partial charge in [-0.15, -0.1) is 0 Å². The van der Waals surface area contributed by atoms with Crippen LogP contribution in [0.15, 0.2) is 18.3 Å². The Morgan fingerprint density at radius 1 is 1.35 bits per heavy atom. The Hall–Kier alpha value is -2.12. The molecular formula is C15H18F3N5. The van der Waals surface area contributed by atoms with Crippen molar-refractivity contribution in [1.82, 2.24) is 19.7 Å². The molecule has 0 bridgehead atoms.